The van der Waals surface area contributed by atoms with Crippen LogP contribution in [0.2, 0.25) is 0 Å². The molecule has 1 saturated heterocycles. The van der Waals surface area contributed by atoms with Crippen molar-refractivity contribution >= 4 is 11.8 Å². The zero-order chi connectivity index (χ0) is 11.1. The van der Waals surface area contributed by atoms with E-state index in [0.29, 0.717) is 0 Å². The van der Waals surface area contributed by atoms with Gasteiger partial charge in [0.1, 0.15) is 0 Å². The summed E-state index contributed by atoms with van der Waals surface area (Å²) in [4.78, 5) is 0. The fraction of sp³-hybridized carbons (Fsp3) is 1.00. The summed E-state index contributed by atoms with van der Waals surface area (Å²) in [6, 6.07) is 0.748. The predicted molar refractivity (Wildman–Crippen MR) is 71.6 cm³/mol. The van der Waals surface area contributed by atoms with Gasteiger partial charge in [-0.25, -0.2) is 0 Å². The molecule has 90 valence electrons. The number of rotatable bonds is 6. The maximum atomic E-state index is 3.71. The molecule has 0 spiro atoms. The average molecular weight is 229 g/mol. The maximum Gasteiger partial charge on any atom is 0.00927 e. The molecule has 1 fully saturated rings. The Labute approximate surface area is 99.8 Å². The Balaban J connectivity index is 2.28. The monoisotopic (exact) mass is 229 g/mol. The van der Waals surface area contributed by atoms with Gasteiger partial charge < -0.3 is 5.32 Å². The van der Waals surface area contributed by atoms with E-state index in [-0.39, 0.29) is 0 Å². The Bertz CT molecular complexity index is 153. The van der Waals surface area contributed by atoms with Crippen molar-refractivity contribution in [1.29, 1.82) is 0 Å². The van der Waals surface area contributed by atoms with Gasteiger partial charge in [-0.05, 0) is 55.6 Å². The van der Waals surface area contributed by atoms with Gasteiger partial charge in [-0.3, -0.25) is 0 Å². The van der Waals surface area contributed by atoms with Crippen molar-refractivity contribution < 1.29 is 0 Å². The molecule has 1 aliphatic rings. The lowest BCUT2D eigenvalue weighted by Gasteiger charge is -2.29. The third-order valence-electron chi connectivity index (χ3n) is 3.39. The van der Waals surface area contributed by atoms with E-state index in [2.05, 4.69) is 37.8 Å². The smallest absolute Gasteiger partial charge is 0.00927 e. The van der Waals surface area contributed by atoms with Gasteiger partial charge in [0, 0.05) is 6.04 Å². The SMILES string of the molecule is CCCNC(CC1CCSCC1)C(C)C. The lowest BCUT2D eigenvalue weighted by atomic mass is 9.89. The first-order valence-electron chi connectivity index (χ1n) is 6.55. The number of nitrogens with one attached hydrogen (secondary N) is 1. The van der Waals surface area contributed by atoms with E-state index >= 15 is 0 Å². The van der Waals surface area contributed by atoms with Gasteiger partial charge in [0.15, 0.2) is 0 Å². The van der Waals surface area contributed by atoms with Crippen molar-refractivity contribution in [2.75, 3.05) is 18.1 Å². The van der Waals surface area contributed by atoms with Crippen molar-refractivity contribution in [3.8, 4) is 0 Å². The lowest BCUT2D eigenvalue weighted by molar-refractivity contribution is 0.307. The van der Waals surface area contributed by atoms with Crippen LogP contribution in [0.5, 0.6) is 0 Å². The van der Waals surface area contributed by atoms with E-state index in [1.54, 1.807) is 0 Å². The van der Waals surface area contributed by atoms with Crippen LogP contribution in [0, 0.1) is 11.8 Å². The second-order valence-electron chi connectivity index (χ2n) is 5.10. The summed E-state index contributed by atoms with van der Waals surface area (Å²) in [7, 11) is 0. The summed E-state index contributed by atoms with van der Waals surface area (Å²) in [5, 5.41) is 3.71. The molecule has 1 nitrogen and oxygen atoms in total. The Morgan fingerprint density at radius 2 is 1.93 bits per heavy atom. The summed E-state index contributed by atoms with van der Waals surface area (Å²) in [5.74, 6) is 4.56. The number of hydrogen-bond acceptors (Lipinski definition) is 2. The molecule has 1 heterocycles. The van der Waals surface area contributed by atoms with Crippen molar-refractivity contribution in [3.63, 3.8) is 0 Å². The average Bonchev–Trinajstić information content (AvgIpc) is 2.25. The second kappa shape index (κ2) is 7.56. The lowest BCUT2D eigenvalue weighted by Crippen LogP contribution is -2.36. The molecule has 0 aliphatic carbocycles. The first-order valence-corrected chi connectivity index (χ1v) is 7.70. The Morgan fingerprint density at radius 3 is 2.47 bits per heavy atom. The Morgan fingerprint density at radius 1 is 1.27 bits per heavy atom. The highest BCUT2D eigenvalue weighted by Crippen LogP contribution is 2.27. The summed E-state index contributed by atoms with van der Waals surface area (Å²) in [6.45, 7) is 8.14. The van der Waals surface area contributed by atoms with Crippen LogP contribution in [0.4, 0.5) is 0 Å². The van der Waals surface area contributed by atoms with E-state index in [0.717, 1.165) is 17.9 Å². The van der Waals surface area contributed by atoms with Crippen LogP contribution in [0.25, 0.3) is 0 Å². The molecule has 0 bridgehead atoms. The summed E-state index contributed by atoms with van der Waals surface area (Å²) >= 11 is 2.13. The fourth-order valence-corrected chi connectivity index (χ4v) is 3.47. The van der Waals surface area contributed by atoms with Gasteiger partial charge in [-0.1, -0.05) is 20.8 Å². The standard InChI is InChI=1S/C13H27NS/c1-4-7-14-13(11(2)3)10-12-5-8-15-9-6-12/h11-14H,4-10H2,1-3H3. The molecule has 15 heavy (non-hydrogen) atoms. The van der Waals surface area contributed by atoms with Crippen molar-refractivity contribution in [3.05, 3.63) is 0 Å². The minimum Gasteiger partial charge on any atom is -0.314 e. The minimum atomic E-state index is 0.748. The van der Waals surface area contributed by atoms with Crippen LogP contribution in [0.1, 0.15) is 46.5 Å². The Kier molecular flexibility index (Phi) is 6.74. The zero-order valence-electron chi connectivity index (χ0n) is 10.6. The first-order chi connectivity index (χ1) is 7.24. The van der Waals surface area contributed by atoms with Crippen LogP contribution >= 0.6 is 11.8 Å². The molecule has 1 rings (SSSR count). The van der Waals surface area contributed by atoms with E-state index < -0.39 is 0 Å². The maximum absolute atomic E-state index is 3.71. The molecule has 1 unspecified atom stereocenters. The fourth-order valence-electron chi connectivity index (χ4n) is 2.26. The molecule has 1 N–H and O–H groups in total. The van der Waals surface area contributed by atoms with Gasteiger partial charge in [-0.2, -0.15) is 11.8 Å². The summed E-state index contributed by atoms with van der Waals surface area (Å²) in [6.07, 6.45) is 5.55. The van der Waals surface area contributed by atoms with Crippen LogP contribution in [-0.4, -0.2) is 24.1 Å². The van der Waals surface area contributed by atoms with Crippen LogP contribution in [0.15, 0.2) is 0 Å². The van der Waals surface area contributed by atoms with E-state index in [9.17, 15) is 0 Å². The molecular weight excluding hydrogens is 202 g/mol. The molecular formula is C13H27NS. The van der Waals surface area contributed by atoms with Crippen molar-refractivity contribution in [1.82, 2.24) is 5.32 Å². The van der Waals surface area contributed by atoms with E-state index in [1.807, 2.05) is 0 Å². The molecule has 0 aromatic heterocycles. The van der Waals surface area contributed by atoms with E-state index in [1.165, 1.54) is 43.7 Å². The highest BCUT2D eigenvalue weighted by atomic mass is 32.2. The third kappa shape index (κ3) is 5.26. The van der Waals surface area contributed by atoms with Gasteiger partial charge >= 0.3 is 0 Å². The molecule has 0 saturated carbocycles. The van der Waals surface area contributed by atoms with Gasteiger partial charge in [0.25, 0.3) is 0 Å². The summed E-state index contributed by atoms with van der Waals surface area (Å²) < 4.78 is 0. The molecule has 0 aromatic carbocycles. The largest absolute Gasteiger partial charge is 0.314 e. The quantitative estimate of drug-likeness (QED) is 0.747. The first kappa shape index (κ1) is 13.4. The minimum absolute atomic E-state index is 0.748. The van der Waals surface area contributed by atoms with Gasteiger partial charge in [0.05, 0.1) is 0 Å². The van der Waals surface area contributed by atoms with Crippen molar-refractivity contribution in [2.45, 2.75) is 52.5 Å². The topological polar surface area (TPSA) is 12.0 Å². The number of hydrogen-bond donors (Lipinski definition) is 1. The highest BCUT2D eigenvalue weighted by molar-refractivity contribution is 7.99. The predicted octanol–water partition coefficient (Wildman–Crippen LogP) is 3.54. The molecule has 0 amide bonds. The molecule has 1 aliphatic heterocycles. The zero-order valence-corrected chi connectivity index (χ0v) is 11.4. The number of thioether (sulfide) groups is 1. The van der Waals surface area contributed by atoms with Crippen LogP contribution in [-0.2, 0) is 0 Å². The Hall–Kier alpha value is 0.310. The van der Waals surface area contributed by atoms with E-state index in [4.69, 9.17) is 0 Å². The molecule has 0 radical (unpaired) electrons. The molecule has 1 atom stereocenters. The van der Waals surface area contributed by atoms with Crippen LogP contribution in [0.3, 0.4) is 0 Å². The summed E-state index contributed by atoms with van der Waals surface area (Å²) in [5.41, 5.74) is 0. The van der Waals surface area contributed by atoms with Crippen LogP contribution < -0.4 is 5.32 Å². The third-order valence-corrected chi connectivity index (χ3v) is 4.44. The normalized spacial score (nSPS) is 20.8. The highest BCUT2D eigenvalue weighted by Gasteiger charge is 2.20. The molecule has 0 aromatic rings. The van der Waals surface area contributed by atoms with Gasteiger partial charge in [0.2, 0.25) is 0 Å². The molecule has 2 heteroatoms. The van der Waals surface area contributed by atoms with Crippen molar-refractivity contribution in [2.24, 2.45) is 11.8 Å². The second-order valence-corrected chi connectivity index (χ2v) is 6.32. The van der Waals surface area contributed by atoms with Gasteiger partial charge in [-0.15, -0.1) is 0 Å².